The van der Waals surface area contributed by atoms with Gasteiger partial charge in [-0.3, -0.25) is 4.79 Å². The van der Waals surface area contributed by atoms with Gasteiger partial charge in [-0.25, -0.2) is 0 Å². The largest absolute Gasteiger partial charge is 0.545 e. The van der Waals surface area contributed by atoms with Crippen LogP contribution in [-0.2, 0) is 9.59 Å². The summed E-state index contributed by atoms with van der Waals surface area (Å²) in [5, 5.41) is 9.14. The van der Waals surface area contributed by atoms with Gasteiger partial charge in [-0.05, 0) is 18.9 Å². The molecule has 1 rings (SSSR count). The lowest BCUT2D eigenvalue weighted by molar-refractivity contribution is -0.297. The number of ketones is 1. The van der Waals surface area contributed by atoms with E-state index in [0.717, 1.165) is 31.8 Å². The molecule has 0 atom stereocenters. The van der Waals surface area contributed by atoms with Crippen LogP contribution in [0.2, 0.25) is 0 Å². The summed E-state index contributed by atoms with van der Waals surface area (Å²) < 4.78 is 0. The van der Waals surface area contributed by atoms with Gasteiger partial charge in [0.1, 0.15) is 5.78 Å². The van der Waals surface area contributed by atoms with Crippen LogP contribution in [0, 0.1) is 0 Å². The van der Waals surface area contributed by atoms with Crippen LogP contribution in [0.25, 0.3) is 0 Å². The highest BCUT2D eigenvalue weighted by atomic mass is 16.4. The Hall–Kier alpha value is -1.12. The lowest BCUT2D eigenvalue weighted by Crippen LogP contribution is -2.17. The zero-order chi connectivity index (χ0) is 9.40. The monoisotopic (exact) mass is 169 g/mol. The Morgan fingerprint density at radius 3 is 1.92 bits per heavy atom. The lowest BCUT2D eigenvalue weighted by atomic mass is 10.00. The van der Waals surface area contributed by atoms with Crippen molar-refractivity contribution in [3.63, 3.8) is 0 Å². The molecule has 12 heavy (non-hydrogen) atoms. The molecule has 0 unspecified atom stereocenters. The SMILES string of the molecule is C=CC(=O)[O-].O=C1CCCCC1. The number of carboxylic acid groups (broad SMARTS) is 1. The Bertz CT molecular complexity index is 165. The Balaban J connectivity index is 0.000000217. The van der Waals surface area contributed by atoms with Crippen LogP contribution in [0.5, 0.6) is 0 Å². The highest BCUT2D eigenvalue weighted by Gasteiger charge is 2.05. The third-order valence-electron chi connectivity index (χ3n) is 1.58. The minimum Gasteiger partial charge on any atom is -0.545 e. The molecule has 1 aliphatic carbocycles. The maximum atomic E-state index is 10.5. The van der Waals surface area contributed by atoms with E-state index in [0.29, 0.717) is 5.78 Å². The molecular formula is C9H13O3-. The van der Waals surface area contributed by atoms with Crippen LogP contribution in [0.1, 0.15) is 32.1 Å². The van der Waals surface area contributed by atoms with Crippen molar-refractivity contribution in [3.8, 4) is 0 Å². The molecule has 0 heterocycles. The van der Waals surface area contributed by atoms with Gasteiger partial charge >= 0.3 is 0 Å². The van der Waals surface area contributed by atoms with Gasteiger partial charge in [-0.2, -0.15) is 0 Å². The molecule has 1 saturated carbocycles. The van der Waals surface area contributed by atoms with E-state index in [1.807, 2.05) is 0 Å². The summed E-state index contributed by atoms with van der Waals surface area (Å²) in [6.07, 6.45) is 5.96. The second-order valence-electron chi connectivity index (χ2n) is 2.62. The van der Waals surface area contributed by atoms with Gasteiger partial charge in [0.05, 0.1) is 5.97 Å². The summed E-state index contributed by atoms with van der Waals surface area (Å²) in [4.78, 5) is 19.6. The Kier molecular flexibility index (Phi) is 5.97. The van der Waals surface area contributed by atoms with Gasteiger partial charge in [0.15, 0.2) is 0 Å². The zero-order valence-corrected chi connectivity index (χ0v) is 7.04. The van der Waals surface area contributed by atoms with Crippen LogP contribution < -0.4 is 5.11 Å². The van der Waals surface area contributed by atoms with E-state index in [2.05, 4.69) is 6.58 Å². The topological polar surface area (TPSA) is 57.2 Å². The van der Waals surface area contributed by atoms with E-state index in [-0.39, 0.29) is 0 Å². The molecule has 3 heteroatoms. The molecule has 0 N–H and O–H groups in total. The molecule has 0 aromatic carbocycles. The van der Waals surface area contributed by atoms with E-state index >= 15 is 0 Å². The summed E-state index contributed by atoms with van der Waals surface area (Å²) in [7, 11) is 0. The molecule has 3 nitrogen and oxygen atoms in total. The Morgan fingerprint density at radius 2 is 1.75 bits per heavy atom. The summed E-state index contributed by atoms with van der Waals surface area (Å²) in [5.41, 5.74) is 0. The maximum absolute atomic E-state index is 10.5. The summed E-state index contributed by atoms with van der Waals surface area (Å²) in [5.74, 6) is -0.767. The van der Waals surface area contributed by atoms with Crippen LogP contribution in [0.4, 0.5) is 0 Å². The fraction of sp³-hybridized carbons (Fsp3) is 0.556. The van der Waals surface area contributed by atoms with Crippen molar-refractivity contribution < 1.29 is 14.7 Å². The summed E-state index contributed by atoms with van der Waals surface area (Å²) >= 11 is 0. The van der Waals surface area contributed by atoms with Crippen molar-refractivity contribution in [1.29, 1.82) is 0 Å². The number of rotatable bonds is 1. The van der Waals surface area contributed by atoms with Crippen molar-refractivity contribution in [2.75, 3.05) is 0 Å². The molecule has 68 valence electrons. The third kappa shape index (κ3) is 6.99. The second-order valence-corrected chi connectivity index (χ2v) is 2.62. The summed E-state index contributed by atoms with van der Waals surface area (Å²) in [6.45, 7) is 2.90. The second kappa shape index (κ2) is 6.58. The minimum absolute atomic E-state index is 0.464. The average molecular weight is 169 g/mol. The number of hydrogen-bond acceptors (Lipinski definition) is 3. The van der Waals surface area contributed by atoms with Gasteiger partial charge in [0.2, 0.25) is 0 Å². The molecule has 0 aliphatic heterocycles. The van der Waals surface area contributed by atoms with Gasteiger partial charge in [-0.15, -0.1) is 0 Å². The predicted molar refractivity (Wildman–Crippen MR) is 43.3 cm³/mol. The van der Waals surface area contributed by atoms with Crippen LogP contribution in [0.3, 0.4) is 0 Å². The quantitative estimate of drug-likeness (QED) is 0.535. The number of carbonyl (C=O) groups excluding carboxylic acids is 2. The smallest absolute Gasteiger partial charge is 0.132 e. The first kappa shape index (κ1) is 10.9. The fourth-order valence-corrected chi connectivity index (χ4v) is 0.946. The molecule has 0 aromatic heterocycles. The molecule has 0 aromatic rings. The molecular weight excluding hydrogens is 156 g/mol. The first-order chi connectivity index (χ1) is 5.66. The minimum atomic E-state index is -1.23. The number of aliphatic carboxylic acids is 1. The Labute approximate surface area is 72.1 Å². The van der Waals surface area contributed by atoms with Gasteiger partial charge < -0.3 is 9.90 Å². The first-order valence-corrected chi connectivity index (χ1v) is 4.02. The molecule has 1 fully saturated rings. The predicted octanol–water partition coefficient (Wildman–Crippen LogP) is 0.442. The van der Waals surface area contributed by atoms with Crippen molar-refractivity contribution in [2.24, 2.45) is 0 Å². The average Bonchev–Trinajstić information content (AvgIpc) is 2.07. The number of hydrogen-bond donors (Lipinski definition) is 0. The van der Waals surface area contributed by atoms with Crippen molar-refractivity contribution in [1.82, 2.24) is 0 Å². The standard InChI is InChI=1S/C6H10O.C3H4O2/c7-6-4-2-1-3-5-6;1-2-3(4)5/h1-5H2;2H,1H2,(H,4,5)/p-1. The maximum Gasteiger partial charge on any atom is 0.132 e. The molecule has 0 saturated heterocycles. The molecule has 1 aliphatic rings. The molecule has 0 radical (unpaired) electrons. The third-order valence-corrected chi connectivity index (χ3v) is 1.58. The van der Waals surface area contributed by atoms with Gasteiger partial charge in [0.25, 0.3) is 0 Å². The van der Waals surface area contributed by atoms with E-state index < -0.39 is 5.97 Å². The highest BCUT2D eigenvalue weighted by molar-refractivity contribution is 5.78. The van der Waals surface area contributed by atoms with E-state index in [1.54, 1.807) is 0 Å². The first-order valence-electron chi connectivity index (χ1n) is 4.02. The molecule has 0 bridgehead atoms. The molecule has 0 amide bonds. The van der Waals surface area contributed by atoms with E-state index in [9.17, 15) is 4.79 Å². The van der Waals surface area contributed by atoms with Crippen LogP contribution in [-0.4, -0.2) is 11.8 Å². The van der Waals surface area contributed by atoms with Crippen molar-refractivity contribution in [2.45, 2.75) is 32.1 Å². The zero-order valence-electron chi connectivity index (χ0n) is 7.04. The number of carboxylic acids is 1. The van der Waals surface area contributed by atoms with Crippen LogP contribution >= 0.6 is 0 Å². The number of Topliss-reactive ketones (excluding diaryl/α,β-unsaturated/α-hetero) is 1. The van der Waals surface area contributed by atoms with Crippen molar-refractivity contribution >= 4 is 11.8 Å². The van der Waals surface area contributed by atoms with Crippen LogP contribution in [0.15, 0.2) is 12.7 Å². The fourth-order valence-electron chi connectivity index (χ4n) is 0.946. The summed E-state index contributed by atoms with van der Waals surface area (Å²) in [6, 6.07) is 0. The molecule has 0 spiro atoms. The van der Waals surface area contributed by atoms with E-state index in [4.69, 9.17) is 9.90 Å². The van der Waals surface area contributed by atoms with Crippen molar-refractivity contribution in [3.05, 3.63) is 12.7 Å². The van der Waals surface area contributed by atoms with Gasteiger partial charge in [0, 0.05) is 12.8 Å². The van der Waals surface area contributed by atoms with E-state index in [1.165, 1.54) is 6.42 Å². The lowest BCUT2D eigenvalue weighted by Gasteiger charge is -2.05. The number of carbonyl (C=O) groups is 2. The Morgan fingerprint density at radius 1 is 1.33 bits per heavy atom. The van der Waals surface area contributed by atoms with Gasteiger partial charge in [-0.1, -0.05) is 13.0 Å². The highest BCUT2D eigenvalue weighted by Crippen LogP contribution is 2.12. The normalized spacial score (nSPS) is 15.8.